The largest absolute Gasteiger partial charge is 0.366 e. The van der Waals surface area contributed by atoms with Crippen LogP contribution in [0.3, 0.4) is 0 Å². The molecule has 0 saturated carbocycles. The fraction of sp³-hybridized carbons (Fsp3) is 0.294. The van der Waals surface area contributed by atoms with Gasteiger partial charge in [-0.05, 0) is 45.6 Å². The lowest BCUT2D eigenvalue weighted by molar-refractivity contribution is 0.100. The second-order valence-electron chi connectivity index (χ2n) is 5.47. The number of benzene rings is 1. The lowest BCUT2D eigenvalue weighted by Gasteiger charge is -2.20. The van der Waals surface area contributed by atoms with Gasteiger partial charge in [-0.3, -0.25) is 9.78 Å². The highest BCUT2D eigenvalue weighted by atomic mass is 16.1. The van der Waals surface area contributed by atoms with Crippen LogP contribution in [0.2, 0.25) is 0 Å². The van der Waals surface area contributed by atoms with Crippen LogP contribution in [0.25, 0.3) is 11.3 Å². The van der Waals surface area contributed by atoms with Crippen LogP contribution in [0.4, 0.5) is 0 Å². The number of nitrogens with two attached hydrogens (primary N) is 1. The number of aromatic nitrogens is 1. The van der Waals surface area contributed by atoms with E-state index in [4.69, 9.17) is 5.73 Å². The normalized spacial score (nSPS) is 12.4. The number of amides is 1. The van der Waals surface area contributed by atoms with Crippen LogP contribution in [0.15, 0.2) is 36.4 Å². The van der Waals surface area contributed by atoms with Gasteiger partial charge in [0.15, 0.2) is 0 Å². The molecule has 0 spiro atoms. The van der Waals surface area contributed by atoms with Gasteiger partial charge in [-0.15, -0.1) is 0 Å². The molecular formula is C17H21N3O. The Kier molecular flexibility index (Phi) is 4.38. The molecular weight excluding hydrogens is 262 g/mol. The predicted molar refractivity (Wildman–Crippen MR) is 85.0 cm³/mol. The van der Waals surface area contributed by atoms with Crippen LogP contribution in [-0.4, -0.2) is 29.9 Å². The molecule has 1 aromatic carbocycles. The second kappa shape index (κ2) is 6.06. The first-order valence-corrected chi connectivity index (χ1v) is 6.94. The zero-order chi connectivity index (χ0) is 15.6. The van der Waals surface area contributed by atoms with Crippen LogP contribution in [0.1, 0.15) is 34.6 Å². The lowest BCUT2D eigenvalue weighted by atomic mass is 10.0. The molecule has 21 heavy (non-hydrogen) atoms. The van der Waals surface area contributed by atoms with Crippen molar-refractivity contribution < 1.29 is 4.79 Å². The van der Waals surface area contributed by atoms with E-state index in [0.717, 1.165) is 11.3 Å². The van der Waals surface area contributed by atoms with Gasteiger partial charge in [-0.2, -0.15) is 0 Å². The summed E-state index contributed by atoms with van der Waals surface area (Å²) in [6, 6.07) is 12.0. The molecule has 1 heterocycles. The van der Waals surface area contributed by atoms with Crippen LogP contribution in [-0.2, 0) is 0 Å². The van der Waals surface area contributed by atoms with Crippen molar-refractivity contribution in [3.63, 3.8) is 0 Å². The minimum absolute atomic E-state index is 0.333. The maximum absolute atomic E-state index is 11.5. The van der Waals surface area contributed by atoms with E-state index in [0.29, 0.717) is 17.3 Å². The topological polar surface area (TPSA) is 59.2 Å². The second-order valence-corrected chi connectivity index (χ2v) is 5.47. The Labute approximate surface area is 125 Å². The van der Waals surface area contributed by atoms with Crippen LogP contribution in [0.5, 0.6) is 0 Å². The van der Waals surface area contributed by atoms with Crippen molar-refractivity contribution in [2.75, 3.05) is 14.1 Å². The molecule has 4 nitrogen and oxygen atoms in total. The lowest BCUT2D eigenvalue weighted by Crippen LogP contribution is -2.16. The zero-order valence-corrected chi connectivity index (χ0v) is 12.9. The average molecular weight is 283 g/mol. The summed E-state index contributed by atoms with van der Waals surface area (Å²) in [7, 11) is 4.10. The van der Waals surface area contributed by atoms with E-state index in [1.54, 1.807) is 12.1 Å². The van der Waals surface area contributed by atoms with Gasteiger partial charge in [-0.1, -0.05) is 24.3 Å². The standard InChI is InChI=1S/C17H21N3O/c1-11-5-10-15(17(18)21)16(19-11)14-8-6-13(7-9-14)12(2)20(3)4/h5-10,12H,1-4H3,(H2,18,21)/t12-/m0/s1. The Morgan fingerprint density at radius 1 is 1.14 bits per heavy atom. The third-order valence-corrected chi connectivity index (χ3v) is 3.74. The molecule has 1 aromatic heterocycles. The summed E-state index contributed by atoms with van der Waals surface area (Å²) in [6.07, 6.45) is 0. The first-order chi connectivity index (χ1) is 9.90. The number of primary amides is 1. The van der Waals surface area contributed by atoms with Gasteiger partial charge < -0.3 is 10.6 Å². The fourth-order valence-electron chi connectivity index (χ4n) is 2.19. The Balaban J connectivity index is 2.44. The summed E-state index contributed by atoms with van der Waals surface area (Å²) in [6.45, 7) is 4.05. The summed E-state index contributed by atoms with van der Waals surface area (Å²) in [5.74, 6) is -0.455. The SMILES string of the molecule is Cc1ccc(C(N)=O)c(-c2ccc([C@H](C)N(C)C)cc2)n1. The van der Waals surface area contributed by atoms with E-state index >= 15 is 0 Å². The van der Waals surface area contributed by atoms with E-state index in [-0.39, 0.29) is 0 Å². The van der Waals surface area contributed by atoms with E-state index < -0.39 is 5.91 Å². The molecule has 1 atom stereocenters. The van der Waals surface area contributed by atoms with Gasteiger partial charge in [0, 0.05) is 17.3 Å². The van der Waals surface area contributed by atoms with Crippen molar-refractivity contribution in [1.29, 1.82) is 0 Å². The monoisotopic (exact) mass is 283 g/mol. The highest BCUT2D eigenvalue weighted by Gasteiger charge is 2.13. The number of nitrogens with zero attached hydrogens (tertiary/aromatic N) is 2. The van der Waals surface area contributed by atoms with Crippen molar-refractivity contribution in [3.05, 3.63) is 53.2 Å². The summed E-state index contributed by atoms with van der Waals surface area (Å²) >= 11 is 0. The Bertz CT molecular complexity index is 648. The van der Waals surface area contributed by atoms with Gasteiger partial charge >= 0.3 is 0 Å². The zero-order valence-electron chi connectivity index (χ0n) is 12.9. The van der Waals surface area contributed by atoms with Gasteiger partial charge in [0.1, 0.15) is 0 Å². The highest BCUT2D eigenvalue weighted by molar-refractivity contribution is 5.98. The van der Waals surface area contributed by atoms with Gasteiger partial charge in [0.25, 0.3) is 5.91 Å². The van der Waals surface area contributed by atoms with Crippen LogP contribution < -0.4 is 5.73 Å². The van der Waals surface area contributed by atoms with Crippen molar-refractivity contribution in [1.82, 2.24) is 9.88 Å². The molecule has 0 fully saturated rings. The molecule has 0 saturated heterocycles. The van der Waals surface area contributed by atoms with E-state index in [1.807, 2.05) is 33.2 Å². The van der Waals surface area contributed by atoms with Crippen LogP contribution >= 0.6 is 0 Å². The number of pyridine rings is 1. The maximum Gasteiger partial charge on any atom is 0.250 e. The number of carbonyl (C=O) groups excluding carboxylic acids is 1. The van der Waals surface area contributed by atoms with Crippen molar-refractivity contribution in [2.45, 2.75) is 19.9 Å². The first-order valence-electron chi connectivity index (χ1n) is 6.94. The van der Waals surface area contributed by atoms with Gasteiger partial charge in [0.05, 0.1) is 11.3 Å². The van der Waals surface area contributed by atoms with Crippen molar-refractivity contribution in [3.8, 4) is 11.3 Å². The van der Waals surface area contributed by atoms with Crippen molar-refractivity contribution in [2.24, 2.45) is 5.73 Å². The summed E-state index contributed by atoms with van der Waals surface area (Å²) < 4.78 is 0. The summed E-state index contributed by atoms with van der Waals surface area (Å²) in [4.78, 5) is 18.2. The molecule has 2 rings (SSSR count). The molecule has 0 bridgehead atoms. The van der Waals surface area contributed by atoms with Gasteiger partial charge in [-0.25, -0.2) is 0 Å². The van der Waals surface area contributed by atoms with Gasteiger partial charge in [0.2, 0.25) is 0 Å². The summed E-state index contributed by atoms with van der Waals surface area (Å²) in [5.41, 5.74) is 9.52. The fourth-order valence-corrected chi connectivity index (χ4v) is 2.19. The molecule has 1 amide bonds. The average Bonchev–Trinajstić information content (AvgIpc) is 2.46. The molecule has 4 heteroatoms. The number of hydrogen-bond donors (Lipinski definition) is 1. The highest BCUT2D eigenvalue weighted by Crippen LogP contribution is 2.25. The number of rotatable bonds is 4. The molecule has 0 aliphatic rings. The minimum Gasteiger partial charge on any atom is -0.366 e. The number of hydrogen-bond acceptors (Lipinski definition) is 3. The molecule has 2 N–H and O–H groups in total. The van der Waals surface area contributed by atoms with Crippen LogP contribution in [0, 0.1) is 6.92 Å². The van der Waals surface area contributed by atoms with E-state index in [1.165, 1.54) is 5.56 Å². The molecule has 0 radical (unpaired) electrons. The molecule has 2 aromatic rings. The van der Waals surface area contributed by atoms with E-state index in [2.05, 4.69) is 28.9 Å². The molecule has 0 aliphatic carbocycles. The third kappa shape index (κ3) is 3.28. The smallest absolute Gasteiger partial charge is 0.250 e. The molecule has 0 unspecified atom stereocenters. The van der Waals surface area contributed by atoms with E-state index in [9.17, 15) is 4.79 Å². The number of aryl methyl sites for hydroxylation is 1. The first kappa shape index (κ1) is 15.2. The Morgan fingerprint density at radius 3 is 2.29 bits per heavy atom. The van der Waals surface area contributed by atoms with Crippen molar-refractivity contribution >= 4 is 5.91 Å². The summed E-state index contributed by atoms with van der Waals surface area (Å²) in [5, 5.41) is 0. The third-order valence-electron chi connectivity index (χ3n) is 3.74. The quantitative estimate of drug-likeness (QED) is 0.938. The molecule has 110 valence electrons. The number of carbonyl (C=O) groups is 1. The Hall–Kier alpha value is -2.20. The molecule has 0 aliphatic heterocycles. The minimum atomic E-state index is -0.455. The Morgan fingerprint density at radius 2 is 1.76 bits per heavy atom. The maximum atomic E-state index is 11.5. The predicted octanol–water partition coefficient (Wildman–Crippen LogP) is 2.78.